The molecule has 0 aliphatic carbocycles. The van der Waals surface area contributed by atoms with Crippen molar-refractivity contribution in [3.63, 3.8) is 0 Å². The molecule has 0 aliphatic rings. The van der Waals surface area contributed by atoms with E-state index in [4.69, 9.17) is 10.5 Å². The second-order valence-electron chi connectivity index (χ2n) is 5.11. The molecule has 0 fully saturated rings. The van der Waals surface area contributed by atoms with E-state index in [0.29, 0.717) is 25.3 Å². The third-order valence-corrected chi connectivity index (χ3v) is 3.11. The van der Waals surface area contributed by atoms with Crippen LogP contribution in [0.3, 0.4) is 0 Å². The molecule has 0 amide bonds. The van der Waals surface area contributed by atoms with Gasteiger partial charge in [0, 0.05) is 11.8 Å². The van der Waals surface area contributed by atoms with Crippen molar-refractivity contribution in [2.75, 3.05) is 13.2 Å². The standard InChI is InChI=1S/C12H20N2O2S/c1-12(2,3)5-7-16-11(15)9-8-17-10(14-9)4-6-13/h8H,4-7,13H2,1-3H3. The van der Waals surface area contributed by atoms with E-state index in [1.807, 2.05) is 0 Å². The molecule has 0 aliphatic heterocycles. The monoisotopic (exact) mass is 256 g/mol. The van der Waals surface area contributed by atoms with Crippen molar-refractivity contribution in [2.24, 2.45) is 11.1 Å². The molecule has 4 nitrogen and oxygen atoms in total. The number of nitrogens with two attached hydrogens (primary N) is 1. The number of ether oxygens (including phenoxy) is 1. The van der Waals surface area contributed by atoms with E-state index in [1.165, 1.54) is 11.3 Å². The molecule has 1 aromatic rings. The average molecular weight is 256 g/mol. The SMILES string of the molecule is CC(C)(C)CCOC(=O)c1csc(CCN)n1. The lowest BCUT2D eigenvalue weighted by molar-refractivity contribution is 0.0458. The predicted molar refractivity (Wildman–Crippen MR) is 69.2 cm³/mol. The lowest BCUT2D eigenvalue weighted by Gasteiger charge is -2.17. The molecule has 17 heavy (non-hydrogen) atoms. The molecule has 1 heterocycles. The van der Waals surface area contributed by atoms with Crippen LogP contribution in [0, 0.1) is 5.41 Å². The fraction of sp³-hybridized carbons (Fsp3) is 0.667. The van der Waals surface area contributed by atoms with Crippen molar-refractivity contribution in [1.29, 1.82) is 0 Å². The molecule has 0 saturated heterocycles. The highest BCUT2D eigenvalue weighted by atomic mass is 32.1. The molecule has 1 aromatic heterocycles. The summed E-state index contributed by atoms with van der Waals surface area (Å²) in [6, 6.07) is 0. The van der Waals surface area contributed by atoms with Crippen LogP contribution in [0.1, 0.15) is 42.7 Å². The van der Waals surface area contributed by atoms with Gasteiger partial charge < -0.3 is 10.5 Å². The Morgan fingerprint density at radius 3 is 2.82 bits per heavy atom. The Kier molecular flexibility index (Phi) is 5.08. The number of rotatable bonds is 5. The van der Waals surface area contributed by atoms with Gasteiger partial charge in [0.2, 0.25) is 0 Å². The van der Waals surface area contributed by atoms with Gasteiger partial charge >= 0.3 is 5.97 Å². The minimum Gasteiger partial charge on any atom is -0.461 e. The molecule has 0 bridgehead atoms. The van der Waals surface area contributed by atoms with Gasteiger partial charge in [-0.3, -0.25) is 0 Å². The Hall–Kier alpha value is -0.940. The van der Waals surface area contributed by atoms with Crippen molar-refractivity contribution >= 4 is 17.3 Å². The van der Waals surface area contributed by atoms with Crippen LogP contribution in [0.4, 0.5) is 0 Å². The third kappa shape index (κ3) is 5.28. The zero-order chi connectivity index (χ0) is 12.9. The Morgan fingerprint density at radius 2 is 2.24 bits per heavy atom. The van der Waals surface area contributed by atoms with Gasteiger partial charge in [0.1, 0.15) is 0 Å². The summed E-state index contributed by atoms with van der Waals surface area (Å²) in [6.07, 6.45) is 1.55. The van der Waals surface area contributed by atoms with Gasteiger partial charge in [-0.2, -0.15) is 0 Å². The van der Waals surface area contributed by atoms with Crippen molar-refractivity contribution in [3.05, 3.63) is 16.1 Å². The quantitative estimate of drug-likeness (QED) is 0.820. The largest absolute Gasteiger partial charge is 0.461 e. The van der Waals surface area contributed by atoms with Gasteiger partial charge in [-0.25, -0.2) is 9.78 Å². The summed E-state index contributed by atoms with van der Waals surface area (Å²) in [4.78, 5) is 15.8. The first-order chi connectivity index (χ1) is 7.92. The van der Waals surface area contributed by atoms with Crippen LogP contribution in [0.5, 0.6) is 0 Å². The first kappa shape index (κ1) is 14.1. The maximum absolute atomic E-state index is 11.6. The number of hydrogen-bond acceptors (Lipinski definition) is 5. The molecule has 0 spiro atoms. The third-order valence-electron chi connectivity index (χ3n) is 2.20. The number of aromatic nitrogens is 1. The molecule has 96 valence electrons. The molecule has 0 radical (unpaired) electrons. The van der Waals surface area contributed by atoms with Crippen molar-refractivity contribution in [3.8, 4) is 0 Å². The first-order valence-electron chi connectivity index (χ1n) is 5.74. The highest BCUT2D eigenvalue weighted by Gasteiger charge is 2.14. The molecule has 0 atom stereocenters. The van der Waals surface area contributed by atoms with Crippen LogP contribution in [-0.4, -0.2) is 24.1 Å². The number of thiazole rings is 1. The minimum absolute atomic E-state index is 0.174. The molecule has 1 rings (SSSR count). The summed E-state index contributed by atoms with van der Waals surface area (Å²) in [5.41, 5.74) is 5.99. The summed E-state index contributed by atoms with van der Waals surface area (Å²) in [6.45, 7) is 7.33. The molecular formula is C12H20N2O2S. The van der Waals surface area contributed by atoms with E-state index in [0.717, 1.165) is 11.4 Å². The molecule has 5 heteroatoms. The van der Waals surface area contributed by atoms with Gasteiger partial charge in [-0.05, 0) is 18.4 Å². The average Bonchev–Trinajstić information content (AvgIpc) is 2.65. The van der Waals surface area contributed by atoms with E-state index in [9.17, 15) is 4.79 Å². The van der Waals surface area contributed by atoms with E-state index < -0.39 is 0 Å². The van der Waals surface area contributed by atoms with Gasteiger partial charge in [0.15, 0.2) is 5.69 Å². The zero-order valence-corrected chi connectivity index (χ0v) is 11.5. The molecule has 0 saturated carbocycles. The number of carbonyl (C=O) groups excluding carboxylic acids is 1. The summed E-state index contributed by atoms with van der Waals surface area (Å²) >= 11 is 1.45. The molecular weight excluding hydrogens is 236 g/mol. The lowest BCUT2D eigenvalue weighted by Crippen LogP contribution is -2.13. The van der Waals surface area contributed by atoms with Gasteiger partial charge in [0.05, 0.1) is 11.6 Å². The normalized spacial score (nSPS) is 11.5. The highest BCUT2D eigenvalue weighted by Crippen LogP contribution is 2.18. The molecule has 0 unspecified atom stereocenters. The van der Waals surface area contributed by atoms with E-state index in [1.54, 1.807) is 5.38 Å². The van der Waals surface area contributed by atoms with Crippen LogP contribution < -0.4 is 5.73 Å². The van der Waals surface area contributed by atoms with Crippen LogP contribution >= 0.6 is 11.3 Å². The minimum atomic E-state index is -0.339. The number of esters is 1. The van der Waals surface area contributed by atoms with Crippen molar-refractivity contribution in [2.45, 2.75) is 33.6 Å². The van der Waals surface area contributed by atoms with Crippen molar-refractivity contribution in [1.82, 2.24) is 4.98 Å². The predicted octanol–water partition coefficient (Wildman–Crippen LogP) is 2.24. The maximum atomic E-state index is 11.6. The number of nitrogens with zero attached hydrogens (tertiary/aromatic N) is 1. The van der Waals surface area contributed by atoms with Gasteiger partial charge in [-0.1, -0.05) is 20.8 Å². The lowest BCUT2D eigenvalue weighted by atomic mass is 9.93. The Bertz CT molecular complexity index is 369. The Balaban J connectivity index is 2.41. The number of hydrogen-bond donors (Lipinski definition) is 1. The summed E-state index contributed by atoms with van der Waals surface area (Å²) in [5.74, 6) is -0.339. The molecule has 0 aromatic carbocycles. The van der Waals surface area contributed by atoms with Gasteiger partial charge in [0.25, 0.3) is 0 Å². The van der Waals surface area contributed by atoms with E-state index >= 15 is 0 Å². The maximum Gasteiger partial charge on any atom is 0.357 e. The van der Waals surface area contributed by atoms with Crippen LogP contribution in [0.15, 0.2) is 5.38 Å². The number of carbonyl (C=O) groups is 1. The summed E-state index contributed by atoms with van der Waals surface area (Å²) < 4.78 is 5.17. The van der Waals surface area contributed by atoms with Crippen molar-refractivity contribution < 1.29 is 9.53 Å². The Labute approximate surface area is 106 Å². The van der Waals surface area contributed by atoms with E-state index in [-0.39, 0.29) is 11.4 Å². The molecule has 2 N–H and O–H groups in total. The van der Waals surface area contributed by atoms with E-state index in [2.05, 4.69) is 25.8 Å². The topological polar surface area (TPSA) is 65.2 Å². The second-order valence-corrected chi connectivity index (χ2v) is 6.05. The summed E-state index contributed by atoms with van der Waals surface area (Å²) in [5, 5.41) is 2.61. The smallest absolute Gasteiger partial charge is 0.357 e. The summed E-state index contributed by atoms with van der Waals surface area (Å²) in [7, 11) is 0. The van der Waals surface area contributed by atoms with Gasteiger partial charge in [-0.15, -0.1) is 11.3 Å². The Morgan fingerprint density at radius 1 is 1.53 bits per heavy atom. The van der Waals surface area contributed by atoms with Crippen LogP contribution in [0.2, 0.25) is 0 Å². The van der Waals surface area contributed by atoms with Crippen LogP contribution in [0.25, 0.3) is 0 Å². The zero-order valence-electron chi connectivity index (χ0n) is 10.7. The fourth-order valence-corrected chi connectivity index (χ4v) is 1.95. The first-order valence-corrected chi connectivity index (χ1v) is 6.62. The van der Waals surface area contributed by atoms with Crippen LogP contribution in [-0.2, 0) is 11.2 Å². The fourth-order valence-electron chi connectivity index (χ4n) is 1.17. The highest BCUT2D eigenvalue weighted by molar-refractivity contribution is 7.09. The second kappa shape index (κ2) is 6.12.